The van der Waals surface area contributed by atoms with E-state index in [4.69, 9.17) is 24.2 Å². The molecule has 0 spiro atoms. The molecule has 5 rings (SSSR count). The number of hydrogen-bond acceptors (Lipinski definition) is 8. The summed E-state index contributed by atoms with van der Waals surface area (Å²) >= 11 is 0. The maximum Gasteiger partial charge on any atom is 0.222 e. The van der Waals surface area contributed by atoms with E-state index >= 15 is 0 Å². The van der Waals surface area contributed by atoms with Crippen molar-refractivity contribution < 1.29 is 14.2 Å². The van der Waals surface area contributed by atoms with Crippen molar-refractivity contribution in [3.8, 4) is 11.5 Å². The van der Waals surface area contributed by atoms with Crippen molar-refractivity contribution in [2.45, 2.75) is 19.9 Å². The van der Waals surface area contributed by atoms with Crippen molar-refractivity contribution in [2.24, 2.45) is 15.9 Å². The smallest absolute Gasteiger partial charge is 0.222 e. The molecule has 196 valence electrons. The second kappa shape index (κ2) is 12.9. The Morgan fingerprint density at radius 1 is 1.08 bits per heavy atom. The summed E-state index contributed by atoms with van der Waals surface area (Å²) in [6, 6.07) is 14.4. The Kier molecular flexibility index (Phi) is 8.84. The van der Waals surface area contributed by atoms with Crippen molar-refractivity contribution in [1.29, 1.82) is 0 Å². The lowest BCUT2D eigenvalue weighted by Crippen LogP contribution is -2.38. The third kappa shape index (κ3) is 7.19. The second-order valence-electron chi connectivity index (χ2n) is 9.58. The molecule has 8 heteroatoms. The quantitative estimate of drug-likeness (QED) is 0.619. The number of aliphatic imine (C=N–C) groups is 2. The fourth-order valence-corrected chi connectivity index (χ4v) is 4.64. The third-order valence-corrected chi connectivity index (χ3v) is 6.72. The van der Waals surface area contributed by atoms with Crippen LogP contribution in [-0.4, -0.2) is 75.7 Å². The van der Waals surface area contributed by atoms with Gasteiger partial charge in [0.2, 0.25) is 5.96 Å². The summed E-state index contributed by atoms with van der Waals surface area (Å²) in [6.07, 6.45) is 5.17. The highest BCUT2D eigenvalue weighted by Gasteiger charge is 2.19. The molecule has 3 heterocycles. The molecule has 1 fully saturated rings. The normalized spacial score (nSPS) is 21.8. The second-order valence-corrected chi connectivity index (χ2v) is 9.58. The molecule has 0 radical (unpaired) electrons. The number of benzene rings is 2. The van der Waals surface area contributed by atoms with Gasteiger partial charge < -0.3 is 24.8 Å². The Labute approximate surface area is 219 Å². The molecule has 0 saturated carbocycles. The maximum absolute atomic E-state index is 6.23. The molecule has 2 aromatic carbocycles. The molecular weight excluding hydrogens is 466 g/mol. The average molecular weight is 504 g/mol. The first-order chi connectivity index (χ1) is 18.2. The standard InChI is InChI=1S/C29H37N5O3/c1-22-20-31-29-32-25-8-9-27(37-17-13-34-11-15-35-16-12-34)24(18-25)21-30-10-3-2-4-14-36-26-7-5-6-23(19-26)28(22)33-29/h2-3,5-9,18-19,22,30H,4,10-17,20-21H2,1H3,(H,31,32)/b3-2+. The lowest BCUT2D eigenvalue weighted by Gasteiger charge is -2.26. The molecule has 1 atom stereocenters. The van der Waals surface area contributed by atoms with Crippen LogP contribution in [0.3, 0.4) is 0 Å². The molecule has 6 bridgehead atoms. The number of ether oxygens (including phenoxy) is 3. The summed E-state index contributed by atoms with van der Waals surface area (Å²) in [5.41, 5.74) is 4.15. The summed E-state index contributed by atoms with van der Waals surface area (Å²) in [7, 11) is 0. The van der Waals surface area contributed by atoms with Gasteiger partial charge in [-0.2, -0.15) is 0 Å². The van der Waals surface area contributed by atoms with Crippen molar-refractivity contribution in [3.63, 3.8) is 0 Å². The van der Waals surface area contributed by atoms with Crippen LogP contribution in [0.25, 0.3) is 0 Å². The molecule has 8 nitrogen and oxygen atoms in total. The van der Waals surface area contributed by atoms with Gasteiger partial charge in [0.25, 0.3) is 0 Å². The van der Waals surface area contributed by atoms with E-state index in [0.717, 1.165) is 79.8 Å². The summed E-state index contributed by atoms with van der Waals surface area (Å²) in [5.74, 6) is 2.63. The molecule has 0 aromatic heterocycles. The number of hydrogen-bond donors (Lipinski definition) is 2. The molecule has 1 saturated heterocycles. The Morgan fingerprint density at radius 3 is 2.92 bits per heavy atom. The summed E-state index contributed by atoms with van der Waals surface area (Å²) < 4.78 is 17.7. The first-order valence-electron chi connectivity index (χ1n) is 13.3. The molecule has 0 amide bonds. The molecule has 3 aliphatic heterocycles. The predicted molar refractivity (Wildman–Crippen MR) is 148 cm³/mol. The van der Waals surface area contributed by atoms with Crippen molar-refractivity contribution >= 4 is 17.4 Å². The van der Waals surface area contributed by atoms with Gasteiger partial charge in [0.1, 0.15) is 18.1 Å². The largest absolute Gasteiger partial charge is 0.493 e. The summed E-state index contributed by atoms with van der Waals surface area (Å²) in [6.45, 7) is 10.0. The van der Waals surface area contributed by atoms with Gasteiger partial charge in [-0.3, -0.25) is 9.89 Å². The van der Waals surface area contributed by atoms with Gasteiger partial charge in [0.05, 0.1) is 32.1 Å². The molecule has 1 unspecified atom stereocenters. The number of nitrogens with zero attached hydrogens (tertiary/aromatic N) is 3. The zero-order valence-electron chi connectivity index (χ0n) is 21.6. The summed E-state index contributed by atoms with van der Waals surface area (Å²) in [4.78, 5) is 12.0. The SMILES string of the molecule is CC1CN=C2N=C1c1cccc(c1)OCC/C=C/CNCc1cc(ccc1OCCN1CCOCC1)N2. The molecule has 2 N–H and O–H groups in total. The monoisotopic (exact) mass is 503 g/mol. The van der Waals surface area contributed by atoms with Gasteiger partial charge in [0.15, 0.2) is 0 Å². The van der Waals surface area contributed by atoms with Gasteiger partial charge in [-0.15, -0.1) is 0 Å². The molecule has 3 aliphatic rings. The highest BCUT2D eigenvalue weighted by Crippen LogP contribution is 2.25. The zero-order chi connectivity index (χ0) is 25.3. The van der Waals surface area contributed by atoms with E-state index in [9.17, 15) is 0 Å². The molecule has 0 aliphatic carbocycles. The molecular formula is C29H37N5O3. The van der Waals surface area contributed by atoms with Gasteiger partial charge >= 0.3 is 0 Å². The van der Waals surface area contributed by atoms with Crippen LogP contribution >= 0.6 is 0 Å². The van der Waals surface area contributed by atoms with Gasteiger partial charge in [-0.05, 0) is 36.8 Å². The van der Waals surface area contributed by atoms with Crippen LogP contribution in [0.15, 0.2) is 64.6 Å². The lowest BCUT2D eigenvalue weighted by atomic mass is 9.97. The zero-order valence-corrected chi connectivity index (χ0v) is 21.6. The molecule has 2 aromatic rings. The van der Waals surface area contributed by atoms with Gasteiger partial charge in [-0.1, -0.05) is 31.2 Å². The van der Waals surface area contributed by atoms with E-state index in [1.807, 2.05) is 24.3 Å². The van der Waals surface area contributed by atoms with Crippen LogP contribution in [0.1, 0.15) is 24.5 Å². The van der Waals surface area contributed by atoms with Crippen LogP contribution in [-0.2, 0) is 11.3 Å². The van der Waals surface area contributed by atoms with E-state index in [2.05, 4.69) is 52.8 Å². The molecule has 37 heavy (non-hydrogen) atoms. The topological polar surface area (TPSA) is 79.7 Å². The Morgan fingerprint density at radius 2 is 2.00 bits per heavy atom. The lowest BCUT2D eigenvalue weighted by molar-refractivity contribution is 0.0322. The third-order valence-electron chi connectivity index (χ3n) is 6.72. The van der Waals surface area contributed by atoms with Crippen LogP contribution in [0.5, 0.6) is 11.5 Å². The number of guanidine groups is 1. The first kappa shape index (κ1) is 25.4. The Hall–Kier alpha value is -3.20. The van der Waals surface area contributed by atoms with Crippen LogP contribution in [0, 0.1) is 5.92 Å². The fraction of sp³-hybridized carbons (Fsp3) is 0.448. The highest BCUT2D eigenvalue weighted by atomic mass is 16.5. The minimum atomic E-state index is 0.233. The van der Waals surface area contributed by atoms with Crippen molar-refractivity contribution in [1.82, 2.24) is 10.2 Å². The van der Waals surface area contributed by atoms with Gasteiger partial charge in [-0.25, -0.2) is 4.99 Å². The van der Waals surface area contributed by atoms with Crippen LogP contribution in [0.4, 0.5) is 5.69 Å². The van der Waals surface area contributed by atoms with E-state index in [-0.39, 0.29) is 5.92 Å². The van der Waals surface area contributed by atoms with E-state index in [0.29, 0.717) is 32.3 Å². The Bertz CT molecular complexity index is 1140. The number of nitrogens with one attached hydrogen (secondary N) is 2. The number of rotatable bonds is 4. The minimum Gasteiger partial charge on any atom is -0.493 e. The fourth-order valence-electron chi connectivity index (χ4n) is 4.64. The van der Waals surface area contributed by atoms with Crippen molar-refractivity contribution in [2.75, 3.05) is 64.5 Å². The summed E-state index contributed by atoms with van der Waals surface area (Å²) in [5, 5.41) is 6.94. The minimum absolute atomic E-state index is 0.233. The Balaban J connectivity index is 1.35. The number of fused-ring (bicyclic) bond motifs is 6. The number of anilines is 1. The van der Waals surface area contributed by atoms with E-state index in [1.54, 1.807) is 0 Å². The first-order valence-corrected chi connectivity index (χ1v) is 13.3. The van der Waals surface area contributed by atoms with Gasteiger partial charge in [0, 0.05) is 55.5 Å². The maximum atomic E-state index is 6.23. The van der Waals surface area contributed by atoms with Crippen LogP contribution in [0.2, 0.25) is 0 Å². The van der Waals surface area contributed by atoms with Crippen LogP contribution < -0.4 is 20.1 Å². The van der Waals surface area contributed by atoms with E-state index in [1.165, 1.54) is 0 Å². The average Bonchev–Trinajstić information content (AvgIpc) is 2.92. The highest BCUT2D eigenvalue weighted by molar-refractivity contribution is 6.12. The van der Waals surface area contributed by atoms with E-state index < -0.39 is 0 Å². The number of morpholine rings is 1. The predicted octanol–water partition coefficient (Wildman–Crippen LogP) is 3.73. The van der Waals surface area contributed by atoms with Crippen molar-refractivity contribution in [3.05, 3.63) is 65.7 Å².